The highest BCUT2D eigenvalue weighted by molar-refractivity contribution is 5.49. The summed E-state index contributed by atoms with van der Waals surface area (Å²) in [6.07, 6.45) is 5.00. The molecule has 1 atom stereocenters. The second-order valence-electron chi connectivity index (χ2n) is 5.77. The topological polar surface area (TPSA) is 35.5 Å². The van der Waals surface area contributed by atoms with Gasteiger partial charge < -0.3 is 15.3 Å². The van der Waals surface area contributed by atoms with Crippen LogP contribution in [0.3, 0.4) is 0 Å². The van der Waals surface area contributed by atoms with Gasteiger partial charge >= 0.3 is 0 Å². The van der Waals surface area contributed by atoms with Crippen LogP contribution in [0.5, 0.6) is 0 Å². The molecular weight excluding hydrogens is 248 g/mol. The fourth-order valence-electron chi connectivity index (χ4n) is 2.76. The van der Waals surface area contributed by atoms with Gasteiger partial charge in [0.15, 0.2) is 0 Å². The Balaban J connectivity index is 2.01. The molecule has 1 fully saturated rings. The smallest absolute Gasteiger partial charge is 0.0606 e. The summed E-state index contributed by atoms with van der Waals surface area (Å²) in [6.45, 7) is 6.43. The molecule has 1 unspecified atom stereocenters. The first-order valence-corrected chi connectivity index (χ1v) is 7.97. The Labute approximate surface area is 123 Å². The largest absolute Gasteiger partial charge is 0.395 e. The third kappa shape index (κ3) is 3.74. The Morgan fingerprint density at radius 3 is 2.50 bits per heavy atom. The number of aliphatic hydroxyl groups is 1. The summed E-state index contributed by atoms with van der Waals surface area (Å²) in [5.74, 6) is 0. The van der Waals surface area contributed by atoms with Crippen molar-refractivity contribution in [2.45, 2.75) is 51.6 Å². The van der Waals surface area contributed by atoms with Crippen molar-refractivity contribution in [3.8, 4) is 0 Å². The number of anilines is 1. The summed E-state index contributed by atoms with van der Waals surface area (Å²) >= 11 is 0. The first kappa shape index (κ1) is 15.3. The predicted molar refractivity (Wildman–Crippen MR) is 85.2 cm³/mol. The van der Waals surface area contributed by atoms with Gasteiger partial charge in [0.1, 0.15) is 0 Å². The van der Waals surface area contributed by atoms with Crippen LogP contribution in [0, 0.1) is 0 Å². The van der Waals surface area contributed by atoms with Crippen LogP contribution in [0.15, 0.2) is 24.3 Å². The van der Waals surface area contributed by atoms with Gasteiger partial charge in [0.05, 0.1) is 6.61 Å². The molecule has 0 aromatic heterocycles. The highest BCUT2D eigenvalue weighted by Crippen LogP contribution is 2.30. The number of hydrogen-bond donors (Lipinski definition) is 2. The number of aliphatic hydroxyl groups excluding tert-OH is 1. The Morgan fingerprint density at radius 1 is 1.30 bits per heavy atom. The summed E-state index contributed by atoms with van der Waals surface area (Å²) in [4.78, 5) is 2.36. The molecule has 3 nitrogen and oxygen atoms in total. The van der Waals surface area contributed by atoms with E-state index in [-0.39, 0.29) is 6.61 Å². The third-order valence-corrected chi connectivity index (χ3v) is 4.28. The average Bonchev–Trinajstić information content (AvgIpc) is 2.42. The maximum absolute atomic E-state index is 9.25. The summed E-state index contributed by atoms with van der Waals surface area (Å²) in [5, 5.41) is 12.8. The van der Waals surface area contributed by atoms with E-state index in [1.165, 1.54) is 30.5 Å². The highest BCUT2D eigenvalue weighted by atomic mass is 16.3. The quantitative estimate of drug-likeness (QED) is 0.766. The van der Waals surface area contributed by atoms with Gasteiger partial charge in [-0.1, -0.05) is 19.1 Å². The SMILES string of the molecule is CCCNC(C)c1ccc(N(CCO)C2CCC2)cc1. The van der Waals surface area contributed by atoms with Crippen LogP contribution < -0.4 is 10.2 Å². The molecule has 3 heteroatoms. The van der Waals surface area contributed by atoms with Crippen molar-refractivity contribution in [3.05, 3.63) is 29.8 Å². The van der Waals surface area contributed by atoms with Crippen LogP contribution >= 0.6 is 0 Å². The van der Waals surface area contributed by atoms with Gasteiger partial charge in [0, 0.05) is 24.3 Å². The molecule has 1 aromatic rings. The van der Waals surface area contributed by atoms with Crippen molar-refractivity contribution in [2.75, 3.05) is 24.6 Å². The molecule has 1 aliphatic rings. The van der Waals surface area contributed by atoms with Crippen LogP contribution in [-0.4, -0.2) is 30.8 Å². The molecule has 1 aromatic carbocycles. The second-order valence-corrected chi connectivity index (χ2v) is 5.77. The fourth-order valence-corrected chi connectivity index (χ4v) is 2.76. The number of nitrogens with one attached hydrogen (secondary N) is 1. The Hall–Kier alpha value is -1.06. The molecular formula is C17H28N2O. The molecule has 1 aliphatic carbocycles. The van der Waals surface area contributed by atoms with Gasteiger partial charge in [-0.2, -0.15) is 0 Å². The van der Waals surface area contributed by atoms with E-state index >= 15 is 0 Å². The molecule has 0 heterocycles. The molecule has 0 bridgehead atoms. The number of benzene rings is 1. The molecule has 2 N–H and O–H groups in total. The van der Waals surface area contributed by atoms with E-state index in [4.69, 9.17) is 0 Å². The predicted octanol–water partition coefficient (Wildman–Crippen LogP) is 3.10. The van der Waals surface area contributed by atoms with Crippen molar-refractivity contribution in [2.24, 2.45) is 0 Å². The van der Waals surface area contributed by atoms with E-state index in [9.17, 15) is 5.11 Å². The standard InChI is InChI=1S/C17H28N2O/c1-3-11-18-14(2)15-7-9-17(10-8-15)19(12-13-20)16-5-4-6-16/h7-10,14,16,18,20H,3-6,11-13H2,1-2H3. The van der Waals surface area contributed by atoms with Gasteiger partial charge in [-0.25, -0.2) is 0 Å². The van der Waals surface area contributed by atoms with Crippen LogP contribution in [0.1, 0.15) is 51.1 Å². The lowest BCUT2D eigenvalue weighted by Crippen LogP contribution is -2.41. The minimum absolute atomic E-state index is 0.229. The molecule has 0 aliphatic heterocycles. The van der Waals surface area contributed by atoms with E-state index < -0.39 is 0 Å². The molecule has 2 rings (SSSR count). The lowest BCUT2D eigenvalue weighted by atomic mass is 9.91. The van der Waals surface area contributed by atoms with Gasteiger partial charge in [-0.05, 0) is 56.8 Å². The minimum Gasteiger partial charge on any atom is -0.395 e. The van der Waals surface area contributed by atoms with Gasteiger partial charge in [-0.3, -0.25) is 0 Å². The van der Waals surface area contributed by atoms with Crippen molar-refractivity contribution in [3.63, 3.8) is 0 Å². The molecule has 20 heavy (non-hydrogen) atoms. The second kappa shape index (κ2) is 7.65. The first-order valence-electron chi connectivity index (χ1n) is 7.97. The fraction of sp³-hybridized carbons (Fsp3) is 0.647. The van der Waals surface area contributed by atoms with E-state index in [1.807, 2.05) is 0 Å². The van der Waals surface area contributed by atoms with Gasteiger partial charge in [0.25, 0.3) is 0 Å². The van der Waals surface area contributed by atoms with Gasteiger partial charge in [-0.15, -0.1) is 0 Å². The monoisotopic (exact) mass is 276 g/mol. The van der Waals surface area contributed by atoms with Crippen LogP contribution in [0.2, 0.25) is 0 Å². The normalized spacial score (nSPS) is 16.8. The Morgan fingerprint density at radius 2 is 2.00 bits per heavy atom. The molecule has 0 saturated heterocycles. The summed E-state index contributed by atoms with van der Waals surface area (Å²) < 4.78 is 0. The van der Waals surface area contributed by atoms with E-state index in [2.05, 4.69) is 48.3 Å². The third-order valence-electron chi connectivity index (χ3n) is 4.28. The Kier molecular flexibility index (Phi) is 5.86. The number of rotatable bonds is 8. The van der Waals surface area contributed by atoms with Crippen LogP contribution in [0.25, 0.3) is 0 Å². The molecule has 112 valence electrons. The minimum atomic E-state index is 0.229. The van der Waals surface area contributed by atoms with Crippen LogP contribution in [-0.2, 0) is 0 Å². The van der Waals surface area contributed by atoms with Crippen molar-refractivity contribution < 1.29 is 5.11 Å². The Bertz CT molecular complexity index is 386. The zero-order valence-corrected chi connectivity index (χ0v) is 12.8. The maximum atomic E-state index is 9.25. The van der Waals surface area contributed by atoms with Crippen LogP contribution in [0.4, 0.5) is 5.69 Å². The molecule has 1 saturated carbocycles. The van der Waals surface area contributed by atoms with Gasteiger partial charge in [0.2, 0.25) is 0 Å². The number of hydrogen-bond acceptors (Lipinski definition) is 3. The average molecular weight is 276 g/mol. The van der Waals surface area contributed by atoms with E-state index in [0.717, 1.165) is 19.5 Å². The number of nitrogens with zero attached hydrogens (tertiary/aromatic N) is 1. The van der Waals surface area contributed by atoms with E-state index in [1.54, 1.807) is 0 Å². The zero-order valence-electron chi connectivity index (χ0n) is 12.8. The van der Waals surface area contributed by atoms with Crippen molar-refractivity contribution in [1.29, 1.82) is 0 Å². The highest BCUT2D eigenvalue weighted by Gasteiger charge is 2.24. The lowest BCUT2D eigenvalue weighted by Gasteiger charge is -2.39. The lowest BCUT2D eigenvalue weighted by molar-refractivity contribution is 0.283. The molecule has 0 spiro atoms. The zero-order chi connectivity index (χ0) is 14.4. The van der Waals surface area contributed by atoms with Crippen molar-refractivity contribution >= 4 is 5.69 Å². The summed E-state index contributed by atoms with van der Waals surface area (Å²) in [5.41, 5.74) is 2.58. The maximum Gasteiger partial charge on any atom is 0.0606 e. The molecule has 0 radical (unpaired) electrons. The van der Waals surface area contributed by atoms with E-state index in [0.29, 0.717) is 12.1 Å². The summed E-state index contributed by atoms with van der Waals surface area (Å²) in [7, 11) is 0. The first-order chi connectivity index (χ1) is 9.76. The van der Waals surface area contributed by atoms with Crippen molar-refractivity contribution in [1.82, 2.24) is 5.32 Å². The molecule has 0 amide bonds. The summed E-state index contributed by atoms with van der Waals surface area (Å²) in [6, 6.07) is 9.86.